The van der Waals surface area contributed by atoms with Gasteiger partial charge in [-0.2, -0.15) is 0 Å². The highest BCUT2D eigenvalue weighted by Crippen LogP contribution is 2.08. The Labute approximate surface area is 69.9 Å². The van der Waals surface area contributed by atoms with E-state index in [1.165, 1.54) is 0 Å². The van der Waals surface area contributed by atoms with E-state index in [-0.39, 0.29) is 12.5 Å². The third kappa shape index (κ3) is 2.41. The van der Waals surface area contributed by atoms with Crippen molar-refractivity contribution >= 4 is 12.1 Å². The van der Waals surface area contributed by atoms with Gasteiger partial charge in [-0.25, -0.2) is 4.79 Å². The second-order valence-electron chi connectivity index (χ2n) is 2.60. The lowest BCUT2D eigenvalue weighted by molar-refractivity contribution is -0.128. The van der Waals surface area contributed by atoms with E-state index in [1.807, 2.05) is 0 Å². The Bertz CT molecular complexity index is 192. The van der Waals surface area contributed by atoms with Gasteiger partial charge in [-0.3, -0.25) is 4.79 Å². The van der Waals surface area contributed by atoms with Gasteiger partial charge in [0.1, 0.15) is 6.61 Å². The molecule has 0 aromatic carbocycles. The number of carbonyl (C=O) groups is 2. The molecule has 1 rings (SSSR count). The molecule has 0 atom stereocenters. The van der Waals surface area contributed by atoms with E-state index < -0.39 is 6.16 Å². The molecule has 12 heavy (non-hydrogen) atoms. The van der Waals surface area contributed by atoms with Crippen molar-refractivity contribution in [3.05, 3.63) is 0 Å². The molecule has 68 valence electrons. The van der Waals surface area contributed by atoms with Crippen LogP contribution in [0, 0.1) is 0 Å². The minimum Gasteiger partial charge on any atom is -0.450 e. The lowest BCUT2D eigenvalue weighted by Gasteiger charge is -2.13. The number of likely N-dealkylation sites (tertiary alicyclic amines) is 1. The van der Waals surface area contributed by atoms with Crippen molar-refractivity contribution in [1.29, 1.82) is 0 Å². The van der Waals surface area contributed by atoms with Crippen molar-refractivity contribution in [2.45, 2.75) is 12.8 Å². The van der Waals surface area contributed by atoms with Crippen molar-refractivity contribution in [3.63, 3.8) is 0 Å². The smallest absolute Gasteiger partial charge is 0.450 e. The highest BCUT2D eigenvalue weighted by Gasteiger charge is 2.19. The van der Waals surface area contributed by atoms with Crippen LogP contribution in [0.1, 0.15) is 12.8 Å². The molecule has 0 radical (unpaired) electrons. The van der Waals surface area contributed by atoms with Crippen molar-refractivity contribution in [1.82, 2.24) is 4.90 Å². The van der Waals surface area contributed by atoms with E-state index >= 15 is 0 Å². The Hall–Kier alpha value is -1.26. The van der Waals surface area contributed by atoms with Gasteiger partial charge >= 0.3 is 6.16 Å². The molecule has 0 spiro atoms. The largest absolute Gasteiger partial charge is 0.505 e. The zero-order valence-corrected chi connectivity index (χ0v) is 6.65. The fourth-order valence-electron chi connectivity index (χ4n) is 1.18. The molecular formula is C7H11NO4. The zero-order valence-electron chi connectivity index (χ0n) is 6.65. The topological polar surface area (TPSA) is 66.8 Å². The molecule has 1 aliphatic heterocycles. The first-order valence-electron chi connectivity index (χ1n) is 3.83. The number of hydrogen-bond donors (Lipinski definition) is 1. The van der Waals surface area contributed by atoms with Crippen LogP contribution in [0.25, 0.3) is 0 Å². The van der Waals surface area contributed by atoms with Crippen LogP contribution >= 0.6 is 0 Å². The molecule has 0 aromatic heterocycles. The van der Waals surface area contributed by atoms with E-state index in [1.54, 1.807) is 4.90 Å². The Morgan fingerprint density at radius 3 is 2.92 bits per heavy atom. The summed E-state index contributed by atoms with van der Waals surface area (Å²) in [5.41, 5.74) is 0. The first-order chi connectivity index (χ1) is 5.70. The van der Waals surface area contributed by atoms with Gasteiger partial charge in [-0.05, 0) is 6.42 Å². The molecule has 0 aromatic rings. The maximum Gasteiger partial charge on any atom is 0.505 e. The molecule has 1 aliphatic rings. The number of carbonyl (C=O) groups excluding carboxylic acids is 1. The molecule has 1 N–H and O–H groups in total. The number of carboxylic acid groups (broad SMARTS) is 1. The summed E-state index contributed by atoms with van der Waals surface area (Å²) in [6, 6.07) is 0. The van der Waals surface area contributed by atoms with E-state index in [2.05, 4.69) is 4.74 Å². The monoisotopic (exact) mass is 173 g/mol. The molecule has 0 unspecified atom stereocenters. The van der Waals surface area contributed by atoms with E-state index in [4.69, 9.17) is 5.11 Å². The summed E-state index contributed by atoms with van der Waals surface area (Å²) < 4.78 is 4.27. The van der Waals surface area contributed by atoms with Gasteiger partial charge in [-0.1, -0.05) is 0 Å². The lowest BCUT2D eigenvalue weighted by atomic mass is 10.4. The van der Waals surface area contributed by atoms with Crippen LogP contribution in [-0.4, -0.2) is 41.8 Å². The summed E-state index contributed by atoms with van der Waals surface area (Å²) in [6.07, 6.45) is 0.153. The predicted octanol–water partition coefficient (Wildman–Crippen LogP) is 0.303. The molecule has 5 heteroatoms. The second kappa shape index (κ2) is 3.94. The molecule has 1 heterocycles. The molecule has 0 aliphatic carbocycles. The molecule has 1 amide bonds. The predicted molar refractivity (Wildman–Crippen MR) is 39.8 cm³/mol. The van der Waals surface area contributed by atoms with Gasteiger partial charge in [0, 0.05) is 13.0 Å². The van der Waals surface area contributed by atoms with Gasteiger partial charge < -0.3 is 14.7 Å². The minimum atomic E-state index is -1.29. The third-order valence-electron chi connectivity index (χ3n) is 1.76. The molecule has 5 nitrogen and oxygen atoms in total. The molecule has 1 fully saturated rings. The average Bonchev–Trinajstić information content (AvgIpc) is 2.36. The summed E-state index contributed by atoms with van der Waals surface area (Å²) >= 11 is 0. The molecule has 0 bridgehead atoms. The van der Waals surface area contributed by atoms with Crippen LogP contribution < -0.4 is 0 Å². The maximum absolute atomic E-state index is 11.0. The van der Waals surface area contributed by atoms with Crippen LogP contribution in [0.2, 0.25) is 0 Å². The Balaban J connectivity index is 2.14. The first-order valence-corrected chi connectivity index (χ1v) is 3.83. The first kappa shape index (κ1) is 8.83. The van der Waals surface area contributed by atoms with E-state index in [9.17, 15) is 9.59 Å². The SMILES string of the molecule is O=C(O)OCCN1CCCC1=O. The summed E-state index contributed by atoms with van der Waals surface area (Å²) in [7, 11) is 0. The third-order valence-corrected chi connectivity index (χ3v) is 1.76. The number of amides is 1. The van der Waals surface area contributed by atoms with E-state index in [0.29, 0.717) is 13.0 Å². The average molecular weight is 173 g/mol. The Morgan fingerprint density at radius 1 is 1.67 bits per heavy atom. The minimum absolute atomic E-state index is 0.0705. The Kier molecular flexibility index (Phi) is 2.90. The zero-order chi connectivity index (χ0) is 8.97. The standard InChI is InChI=1S/C7H11NO4/c9-6-2-1-3-8(6)4-5-12-7(10)11/h1-5H2,(H,10,11). The number of nitrogens with zero attached hydrogens (tertiary/aromatic N) is 1. The molecule has 1 saturated heterocycles. The lowest BCUT2D eigenvalue weighted by Crippen LogP contribution is -2.29. The molecule has 0 saturated carbocycles. The summed E-state index contributed by atoms with van der Waals surface area (Å²) in [6.45, 7) is 1.17. The normalized spacial score (nSPS) is 16.7. The number of rotatable bonds is 3. The fraction of sp³-hybridized carbons (Fsp3) is 0.714. The summed E-state index contributed by atoms with van der Waals surface area (Å²) in [4.78, 5) is 22.5. The highest BCUT2D eigenvalue weighted by molar-refractivity contribution is 5.78. The van der Waals surface area contributed by atoms with Gasteiger partial charge in [0.05, 0.1) is 6.54 Å². The van der Waals surface area contributed by atoms with Crippen LogP contribution in [0.15, 0.2) is 0 Å². The van der Waals surface area contributed by atoms with Crippen molar-refractivity contribution in [2.75, 3.05) is 19.7 Å². The van der Waals surface area contributed by atoms with Crippen LogP contribution in [0.5, 0.6) is 0 Å². The van der Waals surface area contributed by atoms with Gasteiger partial charge in [0.15, 0.2) is 0 Å². The number of ether oxygens (including phenoxy) is 1. The van der Waals surface area contributed by atoms with Gasteiger partial charge in [0.25, 0.3) is 0 Å². The van der Waals surface area contributed by atoms with Gasteiger partial charge in [0.2, 0.25) is 5.91 Å². The van der Waals surface area contributed by atoms with Crippen LogP contribution in [-0.2, 0) is 9.53 Å². The molecular weight excluding hydrogens is 162 g/mol. The second-order valence-corrected chi connectivity index (χ2v) is 2.60. The van der Waals surface area contributed by atoms with Crippen molar-refractivity contribution in [3.8, 4) is 0 Å². The Morgan fingerprint density at radius 2 is 2.42 bits per heavy atom. The maximum atomic E-state index is 11.0. The van der Waals surface area contributed by atoms with Crippen molar-refractivity contribution < 1.29 is 19.4 Å². The summed E-state index contributed by atoms with van der Waals surface area (Å²) in [5, 5.41) is 8.13. The van der Waals surface area contributed by atoms with E-state index in [0.717, 1.165) is 13.0 Å². The quantitative estimate of drug-likeness (QED) is 0.623. The highest BCUT2D eigenvalue weighted by atomic mass is 16.7. The van der Waals surface area contributed by atoms with Crippen LogP contribution in [0.4, 0.5) is 4.79 Å². The van der Waals surface area contributed by atoms with Crippen LogP contribution in [0.3, 0.4) is 0 Å². The number of hydrogen-bond acceptors (Lipinski definition) is 3. The summed E-state index contributed by atoms with van der Waals surface area (Å²) in [5.74, 6) is 0.0870. The van der Waals surface area contributed by atoms with Gasteiger partial charge in [-0.15, -0.1) is 0 Å². The van der Waals surface area contributed by atoms with Crippen molar-refractivity contribution in [2.24, 2.45) is 0 Å². The fourth-order valence-corrected chi connectivity index (χ4v) is 1.18.